The Morgan fingerprint density at radius 1 is 1.00 bits per heavy atom. The summed E-state index contributed by atoms with van der Waals surface area (Å²) in [6, 6.07) is 4.14. The van der Waals surface area contributed by atoms with Gasteiger partial charge in [-0.05, 0) is 42.8 Å². The van der Waals surface area contributed by atoms with Crippen molar-refractivity contribution in [1.82, 2.24) is 0 Å². The molecule has 0 atom stereocenters. The van der Waals surface area contributed by atoms with E-state index in [2.05, 4.69) is 19.1 Å². The molecule has 0 saturated carbocycles. The number of nitrogens with two attached hydrogens (primary N) is 1. The number of methoxy groups -OCH3 is 2. The Hall–Kier alpha value is -2.19. The Balaban J connectivity index is 0.000000828. The van der Waals surface area contributed by atoms with Gasteiger partial charge >= 0.3 is 11.9 Å². The zero-order valence-electron chi connectivity index (χ0n) is 17.5. The van der Waals surface area contributed by atoms with Crippen LogP contribution in [0.1, 0.15) is 44.6 Å². The highest BCUT2D eigenvalue weighted by atomic mass is 32.2. The fourth-order valence-electron chi connectivity index (χ4n) is 2.43. The molecule has 0 unspecified atom stereocenters. The summed E-state index contributed by atoms with van der Waals surface area (Å²) in [5, 5.41) is 15.6. The van der Waals surface area contributed by atoms with Gasteiger partial charge in [0.25, 0.3) is 0 Å². The number of carboxylic acids is 2. The van der Waals surface area contributed by atoms with Crippen LogP contribution in [0.3, 0.4) is 0 Å². The Morgan fingerprint density at radius 3 is 2.07 bits per heavy atom. The molecule has 0 saturated heterocycles. The van der Waals surface area contributed by atoms with Crippen molar-refractivity contribution in [2.45, 2.75) is 50.3 Å². The van der Waals surface area contributed by atoms with Crippen LogP contribution in [0.15, 0.2) is 29.2 Å². The average Bonchev–Trinajstić information content (AvgIpc) is 2.70. The van der Waals surface area contributed by atoms with E-state index in [1.165, 1.54) is 32.1 Å². The van der Waals surface area contributed by atoms with Crippen molar-refractivity contribution in [3.8, 4) is 11.5 Å². The lowest BCUT2D eigenvalue weighted by Crippen LogP contribution is -2.05. The Morgan fingerprint density at radius 2 is 1.59 bits per heavy atom. The molecular weight excluding hydrogens is 394 g/mol. The minimum Gasteiger partial charge on any atom is -0.496 e. The van der Waals surface area contributed by atoms with Crippen LogP contribution in [0, 0.1) is 0 Å². The van der Waals surface area contributed by atoms with Gasteiger partial charge < -0.3 is 25.4 Å². The molecule has 1 aromatic rings. The van der Waals surface area contributed by atoms with Gasteiger partial charge in [-0.1, -0.05) is 32.6 Å². The predicted octanol–water partition coefficient (Wildman–Crippen LogP) is 3.98. The number of thioether (sulfide) groups is 1. The average molecular weight is 428 g/mol. The number of hydrogen-bond donors (Lipinski definition) is 3. The second kappa shape index (κ2) is 16.7. The van der Waals surface area contributed by atoms with Crippen LogP contribution in [0.4, 0.5) is 0 Å². The number of rotatable bonds is 13. The summed E-state index contributed by atoms with van der Waals surface area (Å²) in [4.78, 5) is 20.3. The molecule has 7 nitrogen and oxygen atoms in total. The third-order valence-electron chi connectivity index (χ3n) is 3.85. The van der Waals surface area contributed by atoms with Gasteiger partial charge in [0.1, 0.15) is 11.5 Å². The van der Waals surface area contributed by atoms with E-state index in [0.29, 0.717) is 18.7 Å². The minimum atomic E-state index is -1.26. The van der Waals surface area contributed by atoms with Crippen LogP contribution < -0.4 is 15.2 Å². The first-order valence-corrected chi connectivity index (χ1v) is 10.6. The fourth-order valence-corrected chi connectivity index (χ4v) is 3.47. The van der Waals surface area contributed by atoms with E-state index >= 15 is 0 Å². The van der Waals surface area contributed by atoms with Crippen LogP contribution in [-0.4, -0.2) is 48.7 Å². The number of carbonyl (C=O) groups is 2. The molecule has 29 heavy (non-hydrogen) atoms. The Bertz CT molecular complexity index is 632. The van der Waals surface area contributed by atoms with E-state index in [4.69, 9.17) is 25.4 Å². The van der Waals surface area contributed by atoms with Gasteiger partial charge in [-0.25, -0.2) is 9.59 Å². The van der Waals surface area contributed by atoms with Crippen LogP contribution in [0.2, 0.25) is 0 Å². The zero-order valence-corrected chi connectivity index (χ0v) is 18.3. The van der Waals surface area contributed by atoms with Crippen molar-refractivity contribution < 1.29 is 29.3 Å². The van der Waals surface area contributed by atoms with E-state index in [-0.39, 0.29) is 0 Å². The topological polar surface area (TPSA) is 119 Å². The number of aliphatic carboxylic acids is 2. The summed E-state index contributed by atoms with van der Waals surface area (Å²) in [5.41, 5.74) is 6.77. The number of benzene rings is 1. The van der Waals surface area contributed by atoms with Gasteiger partial charge in [0.05, 0.1) is 19.1 Å². The molecule has 0 aromatic heterocycles. The van der Waals surface area contributed by atoms with E-state index in [9.17, 15) is 9.59 Å². The monoisotopic (exact) mass is 427 g/mol. The number of carboxylic acid groups (broad SMARTS) is 2. The summed E-state index contributed by atoms with van der Waals surface area (Å²) >= 11 is 1.85. The first kappa shape index (κ1) is 26.8. The maximum Gasteiger partial charge on any atom is 0.328 e. The van der Waals surface area contributed by atoms with Crippen molar-refractivity contribution in [2.24, 2.45) is 5.73 Å². The third-order valence-corrected chi connectivity index (χ3v) is 4.98. The van der Waals surface area contributed by atoms with Crippen molar-refractivity contribution in [1.29, 1.82) is 0 Å². The molecule has 0 aliphatic heterocycles. The lowest BCUT2D eigenvalue weighted by molar-refractivity contribution is -0.134. The van der Waals surface area contributed by atoms with Crippen molar-refractivity contribution in [2.75, 3.05) is 26.5 Å². The smallest absolute Gasteiger partial charge is 0.328 e. The predicted molar refractivity (Wildman–Crippen MR) is 116 cm³/mol. The summed E-state index contributed by atoms with van der Waals surface area (Å²) in [7, 11) is 3.43. The molecule has 4 N–H and O–H groups in total. The molecule has 0 amide bonds. The minimum absolute atomic E-state index is 0.558. The molecule has 0 aliphatic rings. The Labute approximate surface area is 177 Å². The van der Waals surface area contributed by atoms with Gasteiger partial charge in [-0.15, -0.1) is 11.8 Å². The first-order chi connectivity index (χ1) is 13.9. The lowest BCUT2D eigenvalue weighted by Gasteiger charge is -2.14. The van der Waals surface area contributed by atoms with E-state index in [0.717, 1.165) is 34.1 Å². The highest BCUT2D eigenvalue weighted by Gasteiger charge is 2.11. The fraction of sp³-hybridized carbons (Fsp3) is 0.524. The van der Waals surface area contributed by atoms with Gasteiger partial charge in [0.2, 0.25) is 0 Å². The van der Waals surface area contributed by atoms with Crippen LogP contribution in [-0.2, 0) is 16.0 Å². The largest absolute Gasteiger partial charge is 0.496 e. The molecule has 0 fully saturated rings. The summed E-state index contributed by atoms with van der Waals surface area (Å²) < 4.78 is 11.0. The second-order valence-electron chi connectivity index (χ2n) is 6.13. The van der Waals surface area contributed by atoms with Crippen LogP contribution in [0.25, 0.3) is 0 Å². The SMILES string of the molecule is CCCCCCCSc1cc(OC)c(CCN)cc1OC.O=C(O)/C=C\C(=O)O. The molecule has 0 bridgehead atoms. The van der Waals surface area contributed by atoms with Gasteiger partial charge in [-0.3, -0.25) is 0 Å². The second-order valence-corrected chi connectivity index (χ2v) is 7.26. The first-order valence-electron chi connectivity index (χ1n) is 9.61. The molecule has 164 valence electrons. The number of hydrogen-bond acceptors (Lipinski definition) is 6. The molecule has 8 heteroatoms. The molecule has 0 aliphatic carbocycles. The van der Waals surface area contributed by atoms with E-state index in [1.807, 2.05) is 11.8 Å². The number of unbranched alkanes of at least 4 members (excludes halogenated alkanes) is 4. The van der Waals surface area contributed by atoms with Crippen molar-refractivity contribution >= 4 is 23.7 Å². The maximum atomic E-state index is 9.55. The molecular formula is C21H33NO6S. The highest BCUT2D eigenvalue weighted by Crippen LogP contribution is 2.36. The van der Waals surface area contributed by atoms with E-state index in [1.54, 1.807) is 14.2 Å². The van der Waals surface area contributed by atoms with Crippen molar-refractivity contribution in [3.05, 3.63) is 29.8 Å². The van der Waals surface area contributed by atoms with Gasteiger partial charge in [0.15, 0.2) is 0 Å². The maximum absolute atomic E-state index is 9.55. The molecule has 1 rings (SSSR count). The Kier molecular flexibility index (Phi) is 15.5. The van der Waals surface area contributed by atoms with Crippen LogP contribution >= 0.6 is 11.8 Å². The summed E-state index contributed by atoms with van der Waals surface area (Å²) in [6.07, 6.45) is 8.46. The van der Waals surface area contributed by atoms with Gasteiger partial charge in [0, 0.05) is 12.2 Å². The molecule has 1 aromatic carbocycles. The quantitative estimate of drug-likeness (QED) is 0.246. The zero-order chi connectivity index (χ0) is 22.1. The molecule has 0 heterocycles. The van der Waals surface area contributed by atoms with E-state index < -0.39 is 11.9 Å². The lowest BCUT2D eigenvalue weighted by atomic mass is 10.1. The normalized spacial score (nSPS) is 10.3. The van der Waals surface area contributed by atoms with Crippen LogP contribution in [0.5, 0.6) is 11.5 Å². The van der Waals surface area contributed by atoms with Gasteiger partial charge in [-0.2, -0.15) is 0 Å². The van der Waals surface area contributed by atoms with Crippen molar-refractivity contribution in [3.63, 3.8) is 0 Å². The third kappa shape index (κ3) is 12.8. The molecule has 0 spiro atoms. The standard InChI is InChI=1S/C17H29NO2S.C4H4O4/c1-4-5-6-7-8-11-21-17-13-15(19-2)14(9-10-18)12-16(17)20-3;5-3(6)1-2-4(7)8/h12-13H,4-11,18H2,1-3H3;1-2H,(H,5,6)(H,7,8)/b;2-1-. The highest BCUT2D eigenvalue weighted by molar-refractivity contribution is 7.99. The summed E-state index contributed by atoms with van der Waals surface area (Å²) in [5.74, 6) is 0.451. The molecule has 0 radical (unpaired) electrons. The summed E-state index contributed by atoms with van der Waals surface area (Å²) in [6.45, 7) is 2.86. The number of ether oxygens (including phenoxy) is 2.